The quantitative estimate of drug-likeness (QED) is 0.274. The minimum absolute atomic E-state index is 0.119. The van der Waals surface area contributed by atoms with Gasteiger partial charge in [0, 0.05) is 18.7 Å². The first kappa shape index (κ1) is 20.1. The highest BCUT2D eigenvalue weighted by molar-refractivity contribution is 6.00. The van der Waals surface area contributed by atoms with Gasteiger partial charge in [0.1, 0.15) is 0 Å². The van der Waals surface area contributed by atoms with Gasteiger partial charge in [-0.2, -0.15) is 9.98 Å². The summed E-state index contributed by atoms with van der Waals surface area (Å²) in [6.07, 6.45) is 2.27. The first-order valence-electron chi connectivity index (χ1n) is 9.28. The lowest BCUT2D eigenvalue weighted by Crippen LogP contribution is -2.62. The molecule has 0 saturated carbocycles. The molecular weight excluding hydrogens is 365 g/mol. The SMILES string of the molecule is CCN1CCCC1CNC1(N)N=C(N)NC(NNc2ccc(OC)c(F)c2)=N1. The van der Waals surface area contributed by atoms with E-state index >= 15 is 0 Å². The maximum Gasteiger partial charge on any atom is 0.268 e. The zero-order valence-corrected chi connectivity index (χ0v) is 16.1. The molecule has 2 atom stereocenters. The van der Waals surface area contributed by atoms with Gasteiger partial charge in [-0.05, 0) is 38.1 Å². The Morgan fingerprint density at radius 3 is 2.93 bits per heavy atom. The van der Waals surface area contributed by atoms with E-state index in [0.717, 1.165) is 19.5 Å². The molecule has 1 fully saturated rings. The largest absolute Gasteiger partial charge is 0.494 e. The van der Waals surface area contributed by atoms with Crippen LogP contribution in [0.3, 0.4) is 0 Å². The van der Waals surface area contributed by atoms with Crippen molar-refractivity contribution in [3.63, 3.8) is 0 Å². The van der Waals surface area contributed by atoms with E-state index in [9.17, 15) is 4.39 Å². The van der Waals surface area contributed by atoms with Crippen molar-refractivity contribution in [1.29, 1.82) is 0 Å². The molecule has 2 aliphatic rings. The van der Waals surface area contributed by atoms with Gasteiger partial charge >= 0.3 is 0 Å². The van der Waals surface area contributed by atoms with Gasteiger partial charge < -0.3 is 10.5 Å². The molecule has 0 amide bonds. The molecule has 2 heterocycles. The van der Waals surface area contributed by atoms with Crippen molar-refractivity contribution in [2.75, 3.05) is 32.2 Å². The summed E-state index contributed by atoms with van der Waals surface area (Å²) in [5.41, 5.74) is 18.3. The van der Waals surface area contributed by atoms with Crippen molar-refractivity contribution in [3.05, 3.63) is 24.0 Å². The lowest BCUT2D eigenvalue weighted by atomic mass is 10.2. The standard InChI is InChI=1S/C17H28FN9O/c1-3-27-8-4-5-12(27)10-21-17(20)23-15(19)22-16(24-17)26-25-11-6-7-14(28-2)13(18)9-11/h6-7,9,12,21,25H,3-5,8,10,20H2,1-2H3,(H4,19,22,23,24,26). The summed E-state index contributed by atoms with van der Waals surface area (Å²) in [5.74, 6) is -1.33. The van der Waals surface area contributed by atoms with Crippen LogP contribution < -0.4 is 37.7 Å². The number of rotatable bonds is 7. The normalized spacial score (nSPS) is 24.9. The van der Waals surface area contributed by atoms with Gasteiger partial charge in [0.15, 0.2) is 17.5 Å². The molecule has 3 rings (SSSR count). The van der Waals surface area contributed by atoms with Crippen LogP contribution in [-0.4, -0.2) is 55.5 Å². The summed E-state index contributed by atoms with van der Waals surface area (Å²) in [7, 11) is 1.41. The minimum Gasteiger partial charge on any atom is -0.494 e. The Bertz CT molecular complexity index is 756. The number of halogens is 1. The predicted molar refractivity (Wildman–Crippen MR) is 107 cm³/mol. The van der Waals surface area contributed by atoms with Crippen molar-refractivity contribution in [2.24, 2.45) is 21.5 Å². The van der Waals surface area contributed by atoms with Crippen LogP contribution in [0, 0.1) is 5.82 Å². The second-order valence-electron chi connectivity index (χ2n) is 6.71. The van der Waals surface area contributed by atoms with E-state index in [4.69, 9.17) is 16.2 Å². The topological polar surface area (TPSA) is 137 Å². The second-order valence-corrected chi connectivity index (χ2v) is 6.71. The molecule has 11 heteroatoms. The zero-order chi connectivity index (χ0) is 20.1. The molecule has 1 aromatic carbocycles. The number of nitrogens with zero attached hydrogens (tertiary/aromatic N) is 3. The molecule has 0 bridgehead atoms. The number of nitrogens with two attached hydrogens (primary N) is 2. The summed E-state index contributed by atoms with van der Waals surface area (Å²) in [6.45, 7) is 4.88. The summed E-state index contributed by atoms with van der Waals surface area (Å²) in [4.78, 5) is 10.9. The molecule has 10 nitrogen and oxygen atoms in total. The third kappa shape index (κ3) is 4.80. The van der Waals surface area contributed by atoms with E-state index < -0.39 is 11.7 Å². The summed E-state index contributed by atoms with van der Waals surface area (Å²) in [6, 6.07) is 4.85. The molecule has 0 radical (unpaired) electrons. The molecule has 28 heavy (non-hydrogen) atoms. The van der Waals surface area contributed by atoms with Gasteiger partial charge in [0.2, 0.25) is 5.96 Å². The Morgan fingerprint density at radius 1 is 1.39 bits per heavy atom. The minimum atomic E-state index is -1.38. The Morgan fingerprint density at radius 2 is 2.21 bits per heavy atom. The van der Waals surface area contributed by atoms with Crippen LogP contribution in [-0.2, 0) is 0 Å². The molecule has 154 valence electrons. The van der Waals surface area contributed by atoms with Gasteiger partial charge in [-0.3, -0.25) is 32.1 Å². The lowest BCUT2D eigenvalue weighted by Gasteiger charge is -2.31. The van der Waals surface area contributed by atoms with E-state index in [1.54, 1.807) is 6.07 Å². The smallest absolute Gasteiger partial charge is 0.268 e. The Kier molecular flexibility index (Phi) is 6.17. The van der Waals surface area contributed by atoms with Crippen LogP contribution in [0.1, 0.15) is 19.8 Å². The third-order valence-electron chi connectivity index (χ3n) is 4.80. The monoisotopic (exact) mass is 393 g/mol. The van der Waals surface area contributed by atoms with E-state index in [0.29, 0.717) is 18.3 Å². The maximum atomic E-state index is 13.8. The second kappa shape index (κ2) is 8.59. The van der Waals surface area contributed by atoms with Gasteiger partial charge in [-0.15, -0.1) is 0 Å². The summed E-state index contributed by atoms with van der Waals surface area (Å²) in [5, 5.41) is 5.97. The number of hydrogen-bond donors (Lipinski definition) is 6. The fourth-order valence-electron chi connectivity index (χ4n) is 3.38. The van der Waals surface area contributed by atoms with Crippen LogP contribution >= 0.6 is 0 Å². The fourth-order valence-corrected chi connectivity index (χ4v) is 3.38. The summed E-state index contributed by atoms with van der Waals surface area (Å²) < 4.78 is 18.7. The van der Waals surface area contributed by atoms with Gasteiger partial charge in [0.25, 0.3) is 5.91 Å². The van der Waals surface area contributed by atoms with Crippen LogP contribution in [0.25, 0.3) is 0 Å². The number of anilines is 1. The molecule has 0 spiro atoms. The average Bonchev–Trinajstić information content (AvgIpc) is 3.12. The van der Waals surface area contributed by atoms with Crippen LogP contribution in [0.2, 0.25) is 0 Å². The van der Waals surface area contributed by atoms with Gasteiger partial charge in [0.05, 0.1) is 12.8 Å². The Hall–Kier alpha value is -2.63. The Balaban J connectivity index is 1.61. The Labute approximate surface area is 163 Å². The fraction of sp³-hybridized carbons (Fsp3) is 0.529. The van der Waals surface area contributed by atoms with E-state index in [1.165, 1.54) is 25.7 Å². The molecule has 0 aliphatic carbocycles. The van der Waals surface area contributed by atoms with Gasteiger partial charge in [-0.1, -0.05) is 6.92 Å². The number of benzene rings is 1. The number of ether oxygens (including phenoxy) is 1. The highest BCUT2D eigenvalue weighted by Crippen LogP contribution is 2.20. The number of nitrogens with one attached hydrogen (secondary N) is 4. The lowest BCUT2D eigenvalue weighted by molar-refractivity contribution is 0.234. The maximum absolute atomic E-state index is 13.8. The van der Waals surface area contributed by atoms with Crippen LogP contribution in [0.5, 0.6) is 5.75 Å². The number of guanidine groups is 2. The highest BCUT2D eigenvalue weighted by atomic mass is 19.1. The van der Waals surface area contributed by atoms with Crippen LogP contribution in [0.4, 0.5) is 10.1 Å². The molecule has 1 aromatic rings. The summed E-state index contributed by atoms with van der Waals surface area (Å²) >= 11 is 0. The third-order valence-corrected chi connectivity index (χ3v) is 4.80. The molecule has 2 unspecified atom stereocenters. The van der Waals surface area contributed by atoms with E-state index in [1.807, 2.05) is 0 Å². The van der Waals surface area contributed by atoms with Gasteiger partial charge in [-0.25, -0.2) is 4.39 Å². The number of likely N-dealkylation sites (tertiary alicyclic amines) is 1. The number of hydrogen-bond acceptors (Lipinski definition) is 10. The first-order valence-corrected chi connectivity index (χ1v) is 9.28. The van der Waals surface area contributed by atoms with Crippen molar-refractivity contribution < 1.29 is 9.13 Å². The molecule has 0 aromatic heterocycles. The molecular formula is C17H28FN9O. The average molecular weight is 393 g/mol. The van der Waals surface area contributed by atoms with E-state index in [-0.39, 0.29) is 17.7 Å². The molecule has 2 aliphatic heterocycles. The highest BCUT2D eigenvalue weighted by Gasteiger charge is 2.31. The van der Waals surface area contributed by atoms with Crippen molar-refractivity contribution in [3.8, 4) is 5.75 Å². The number of hydrazine groups is 1. The number of aliphatic imine (C=N–C) groups is 2. The number of methoxy groups -OCH3 is 1. The first-order chi connectivity index (χ1) is 13.4. The number of likely N-dealkylation sites (N-methyl/N-ethyl adjacent to an activating group) is 1. The van der Waals surface area contributed by atoms with Crippen molar-refractivity contribution in [2.45, 2.75) is 31.7 Å². The van der Waals surface area contributed by atoms with Crippen molar-refractivity contribution in [1.82, 2.24) is 21.0 Å². The molecule has 8 N–H and O–H groups in total. The van der Waals surface area contributed by atoms with Crippen LogP contribution in [0.15, 0.2) is 28.2 Å². The zero-order valence-electron chi connectivity index (χ0n) is 16.1. The van der Waals surface area contributed by atoms with Crippen molar-refractivity contribution >= 4 is 17.6 Å². The van der Waals surface area contributed by atoms with E-state index in [2.05, 4.69) is 43.3 Å². The predicted octanol–water partition coefficient (Wildman–Crippen LogP) is -0.331. The molecule has 1 saturated heterocycles.